The molecule has 8 heteroatoms. The standard InChI is InChI=1S/C26H27ClN2O5/c1-14-16(27)7-5-8-17(14)29-18-9-6-10-19(30)23(18)22(24(25(29)28)26(31)34-4)15-11-12-20(32-2)21(13-15)33-3/h5,7-8,11-13,22H,6,9-10,28H2,1-4H3/t22-/m1/s1. The fourth-order valence-corrected chi connectivity index (χ4v) is 4.95. The monoisotopic (exact) mass is 482 g/mol. The molecule has 0 amide bonds. The number of hydrogen-bond acceptors (Lipinski definition) is 7. The maximum absolute atomic E-state index is 13.4. The first-order valence-corrected chi connectivity index (χ1v) is 11.3. The molecular formula is C26H27ClN2O5. The van der Waals surface area contributed by atoms with Crippen LogP contribution in [-0.4, -0.2) is 33.1 Å². The zero-order chi connectivity index (χ0) is 24.6. The number of Topliss-reactive ketones (excluding diaryl/α,β-unsaturated/α-hetero) is 1. The van der Waals surface area contributed by atoms with Crippen LogP contribution in [0.1, 0.15) is 36.3 Å². The number of halogens is 1. The second-order valence-corrected chi connectivity index (χ2v) is 8.60. The van der Waals surface area contributed by atoms with Gasteiger partial charge in [0.1, 0.15) is 5.82 Å². The zero-order valence-corrected chi connectivity index (χ0v) is 20.4. The molecule has 1 heterocycles. The van der Waals surface area contributed by atoms with Gasteiger partial charge in [-0.3, -0.25) is 9.69 Å². The Morgan fingerprint density at radius 3 is 2.50 bits per heavy atom. The Kier molecular flexibility index (Phi) is 6.57. The van der Waals surface area contributed by atoms with Crippen LogP contribution in [0.3, 0.4) is 0 Å². The molecule has 2 aromatic rings. The Bertz CT molecular complexity index is 1230. The number of carbonyl (C=O) groups is 2. The van der Waals surface area contributed by atoms with Gasteiger partial charge in [-0.25, -0.2) is 4.79 Å². The summed E-state index contributed by atoms with van der Waals surface area (Å²) in [6.45, 7) is 1.88. The van der Waals surface area contributed by atoms with E-state index in [0.29, 0.717) is 46.9 Å². The van der Waals surface area contributed by atoms with Crippen molar-refractivity contribution in [3.8, 4) is 11.5 Å². The van der Waals surface area contributed by atoms with Crippen molar-refractivity contribution in [1.29, 1.82) is 0 Å². The number of carbonyl (C=O) groups excluding carboxylic acids is 2. The number of esters is 1. The minimum atomic E-state index is -0.703. The molecular weight excluding hydrogens is 456 g/mol. The second-order valence-electron chi connectivity index (χ2n) is 8.19. The summed E-state index contributed by atoms with van der Waals surface area (Å²) >= 11 is 6.41. The molecule has 7 nitrogen and oxygen atoms in total. The van der Waals surface area contributed by atoms with E-state index >= 15 is 0 Å². The molecule has 0 fully saturated rings. The van der Waals surface area contributed by atoms with Gasteiger partial charge in [-0.1, -0.05) is 23.7 Å². The van der Waals surface area contributed by atoms with E-state index in [9.17, 15) is 9.59 Å². The summed E-state index contributed by atoms with van der Waals surface area (Å²) in [5.41, 5.74) is 10.4. The van der Waals surface area contributed by atoms with E-state index in [4.69, 9.17) is 31.5 Å². The highest BCUT2D eigenvalue weighted by molar-refractivity contribution is 6.31. The number of ketones is 1. The van der Waals surface area contributed by atoms with E-state index in [-0.39, 0.29) is 17.2 Å². The summed E-state index contributed by atoms with van der Waals surface area (Å²) in [5, 5.41) is 0.566. The number of nitrogens with zero attached hydrogens (tertiary/aromatic N) is 1. The molecule has 1 aliphatic heterocycles. The Balaban J connectivity index is 2.03. The molecule has 4 rings (SSSR count). The van der Waals surface area contributed by atoms with E-state index in [1.165, 1.54) is 14.2 Å². The highest BCUT2D eigenvalue weighted by Gasteiger charge is 2.43. The molecule has 0 saturated heterocycles. The number of allylic oxidation sites excluding steroid dienone is 2. The second kappa shape index (κ2) is 9.43. The van der Waals surface area contributed by atoms with E-state index in [2.05, 4.69) is 0 Å². The van der Waals surface area contributed by atoms with Crippen LogP contribution in [0.4, 0.5) is 5.69 Å². The normalized spacial score (nSPS) is 18.1. The number of hydrogen-bond donors (Lipinski definition) is 1. The maximum Gasteiger partial charge on any atom is 0.338 e. The van der Waals surface area contributed by atoms with Crippen LogP contribution >= 0.6 is 11.6 Å². The summed E-state index contributed by atoms with van der Waals surface area (Å²) in [5.74, 6) is -0.0944. The topological polar surface area (TPSA) is 91.1 Å². The number of ether oxygens (including phenoxy) is 3. The first-order valence-electron chi connectivity index (χ1n) is 10.9. The molecule has 34 heavy (non-hydrogen) atoms. The highest BCUT2D eigenvalue weighted by atomic mass is 35.5. The Hall–Kier alpha value is -3.45. The minimum Gasteiger partial charge on any atom is -0.493 e. The molecule has 1 atom stereocenters. The number of anilines is 1. The third-order valence-electron chi connectivity index (χ3n) is 6.42. The van der Waals surface area contributed by atoms with Crippen LogP contribution in [0.5, 0.6) is 11.5 Å². The Morgan fingerprint density at radius 2 is 1.82 bits per heavy atom. The average molecular weight is 483 g/mol. The van der Waals surface area contributed by atoms with Crippen molar-refractivity contribution in [1.82, 2.24) is 0 Å². The minimum absolute atomic E-state index is 0.0281. The summed E-state index contributed by atoms with van der Waals surface area (Å²) in [7, 11) is 4.39. The molecule has 0 unspecified atom stereocenters. The molecule has 0 aromatic heterocycles. The molecule has 2 aromatic carbocycles. The summed E-state index contributed by atoms with van der Waals surface area (Å²) < 4.78 is 16.0. The van der Waals surface area contributed by atoms with Crippen molar-refractivity contribution in [2.75, 3.05) is 26.2 Å². The van der Waals surface area contributed by atoms with Gasteiger partial charge < -0.3 is 19.9 Å². The molecule has 0 radical (unpaired) electrons. The van der Waals surface area contributed by atoms with Crippen molar-refractivity contribution < 1.29 is 23.8 Å². The fourth-order valence-electron chi connectivity index (χ4n) is 4.78. The Morgan fingerprint density at radius 1 is 1.09 bits per heavy atom. The lowest BCUT2D eigenvalue weighted by Crippen LogP contribution is -2.41. The molecule has 0 bridgehead atoms. The van der Waals surface area contributed by atoms with Gasteiger partial charge in [-0.2, -0.15) is 0 Å². The molecule has 178 valence electrons. The predicted molar refractivity (Wildman–Crippen MR) is 130 cm³/mol. The first kappa shape index (κ1) is 23.7. The van der Waals surface area contributed by atoms with Crippen LogP contribution < -0.4 is 20.1 Å². The maximum atomic E-state index is 13.4. The fraction of sp³-hybridized carbons (Fsp3) is 0.308. The number of benzene rings is 2. The smallest absolute Gasteiger partial charge is 0.338 e. The lowest BCUT2D eigenvalue weighted by atomic mass is 9.75. The highest BCUT2D eigenvalue weighted by Crippen LogP contribution is 2.48. The van der Waals surface area contributed by atoms with Crippen molar-refractivity contribution in [2.45, 2.75) is 32.1 Å². The van der Waals surface area contributed by atoms with Crippen LogP contribution in [0.25, 0.3) is 0 Å². The van der Waals surface area contributed by atoms with Gasteiger partial charge in [-0.15, -0.1) is 0 Å². The van der Waals surface area contributed by atoms with E-state index in [1.54, 1.807) is 30.2 Å². The SMILES string of the molecule is COC(=O)C1=C(N)N(c2cccc(Cl)c2C)C2=C(C(=O)CCC2)[C@H]1c1ccc(OC)c(OC)c1. The van der Waals surface area contributed by atoms with Crippen molar-refractivity contribution in [2.24, 2.45) is 5.73 Å². The van der Waals surface area contributed by atoms with E-state index in [0.717, 1.165) is 16.9 Å². The summed E-state index contributed by atoms with van der Waals surface area (Å²) in [6.07, 6.45) is 1.71. The van der Waals surface area contributed by atoms with Gasteiger partial charge in [0.2, 0.25) is 0 Å². The van der Waals surface area contributed by atoms with Crippen LogP contribution in [-0.2, 0) is 14.3 Å². The zero-order valence-electron chi connectivity index (χ0n) is 19.6. The van der Waals surface area contributed by atoms with Crippen LogP contribution in [0.2, 0.25) is 5.02 Å². The van der Waals surface area contributed by atoms with Gasteiger partial charge in [-0.05, 0) is 55.2 Å². The summed E-state index contributed by atoms with van der Waals surface area (Å²) in [4.78, 5) is 28.3. The third kappa shape index (κ3) is 3.80. The van der Waals surface area contributed by atoms with Crippen LogP contribution in [0, 0.1) is 6.92 Å². The first-order chi connectivity index (χ1) is 16.3. The predicted octanol–water partition coefficient (Wildman–Crippen LogP) is 4.62. The van der Waals surface area contributed by atoms with Gasteiger partial charge in [0.05, 0.1) is 38.5 Å². The lowest BCUT2D eigenvalue weighted by molar-refractivity contribution is -0.136. The third-order valence-corrected chi connectivity index (χ3v) is 6.83. The molecule has 1 aliphatic carbocycles. The summed E-state index contributed by atoms with van der Waals surface area (Å²) in [6, 6.07) is 10.8. The quantitative estimate of drug-likeness (QED) is 0.621. The molecule has 2 N–H and O–H groups in total. The van der Waals surface area contributed by atoms with Crippen LogP contribution in [0.15, 0.2) is 59.1 Å². The largest absolute Gasteiger partial charge is 0.493 e. The molecule has 0 saturated carbocycles. The Labute approximate surface area is 203 Å². The van der Waals surface area contributed by atoms with Gasteiger partial charge in [0.15, 0.2) is 17.3 Å². The van der Waals surface area contributed by atoms with E-state index in [1.807, 2.05) is 25.1 Å². The number of rotatable bonds is 5. The van der Waals surface area contributed by atoms with Crippen molar-refractivity contribution >= 4 is 29.0 Å². The van der Waals surface area contributed by atoms with Gasteiger partial charge in [0.25, 0.3) is 0 Å². The van der Waals surface area contributed by atoms with Gasteiger partial charge in [0, 0.05) is 22.7 Å². The molecule has 2 aliphatic rings. The molecule has 0 spiro atoms. The van der Waals surface area contributed by atoms with Crippen molar-refractivity contribution in [3.63, 3.8) is 0 Å². The lowest BCUT2D eigenvalue weighted by Gasteiger charge is -2.41. The number of nitrogens with two attached hydrogens (primary N) is 1. The van der Waals surface area contributed by atoms with Gasteiger partial charge >= 0.3 is 5.97 Å². The van der Waals surface area contributed by atoms with E-state index < -0.39 is 11.9 Å². The van der Waals surface area contributed by atoms with Crippen molar-refractivity contribution in [3.05, 3.63) is 75.2 Å². The number of methoxy groups -OCH3 is 3. The average Bonchev–Trinajstić information content (AvgIpc) is 2.84.